The van der Waals surface area contributed by atoms with Crippen LogP contribution in [0.15, 0.2) is 6.07 Å². The van der Waals surface area contributed by atoms with Gasteiger partial charge in [-0.1, -0.05) is 20.8 Å². The smallest absolute Gasteiger partial charge is 0.250 e. The molecule has 1 rings (SSSR count). The number of nitrogens with two attached hydrogens (primary N) is 1. The lowest BCUT2D eigenvalue weighted by Gasteiger charge is -2.36. The molecule has 0 radical (unpaired) electrons. The van der Waals surface area contributed by atoms with E-state index in [1.807, 2.05) is 33.9 Å². The third-order valence-corrected chi connectivity index (χ3v) is 7.88. The summed E-state index contributed by atoms with van der Waals surface area (Å²) in [6.45, 7) is 11.5. The third-order valence-electron chi connectivity index (χ3n) is 3.55. The van der Waals surface area contributed by atoms with Gasteiger partial charge in [-0.2, -0.15) is 0 Å². The molecule has 0 saturated heterocycles. The van der Waals surface area contributed by atoms with Crippen molar-refractivity contribution in [2.45, 2.75) is 45.8 Å². The molecule has 0 atom stereocenters. The fourth-order valence-corrected chi connectivity index (χ4v) is 2.30. The van der Waals surface area contributed by atoms with Gasteiger partial charge in [0.05, 0.1) is 0 Å². The fourth-order valence-electron chi connectivity index (χ4n) is 1.27. The standard InChI is InChI=1S/C13H21F2NOSi/c1-8-7-9(14)12(11(16)10(8)15)17-18(5,6)13(2,3)4/h7H,16H2,1-6H3. The van der Waals surface area contributed by atoms with Crippen LogP contribution in [-0.2, 0) is 0 Å². The van der Waals surface area contributed by atoms with Crippen LogP contribution in [0.25, 0.3) is 0 Å². The maximum atomic E-state index is 13.9. The largest absolute Gasteiger partial charge is 0.540 e. The van der Waals surface area contributed by atoms with Crippen LogP contribution in [0.3, 0.4) is 0 Å². The molecular formula is C13H21F2NOSi. The van der Waals surface area contributed by atoms with Crippen molar-refractivity contribution >= 4 is 14.0 Å². The molecule has 0 bridgehead atoms. The van der Waals surface area contributed by atoms with Crippen LogP contribution < -0.4 is 10.2 Å². The van der Waals surface area contributed by atoms with E-state index in [4.69, 9.17) is 10.2 Å². The van der Waals surface area contributed by atoms with Crippen molar-refractivity contribution in [3.63, 3.8) is 0 Å². The van der Waals surface area contributed by atoms with Crippen LogP contribution in [-0.4, -0.2) is 8.32 Å². The third kappa shape index (κ3) is 2.66. The first-order chi connectivity index (χ1) is 7.97. The van der Waals surface area contributed by atoms with E-state index in [0.717, 1.165) is 6.07 Å². The average molecular weight is 273 g/mol. The Kier molecular flexibility index (Phi) is 3.77. The summed E-state index contributed by atoms with van der Waals surface area (Å²) >= 11 is 0. The van der Waals surface area contributed by atoms with Crippen LogP contribution in [0.1, 0.15) is 26.3 Å². The number of anilines is 1. The lowest BCUT2D eigenvalue weighted by Crippen LogP contribution is -2.44. The molecule has 18 heavy (non-hydrogen) atoms. The molecule has 1 aromatic carbocycles. The molecule has 102 valence electrons. The maximum Gasteiger partial charge on any atom is 0.250 e. The molecule has 0 unspecified atom stereocenters. The topological polar surface area (TPSA) is 35.2 Å². The van der Waals surface area contributed by atoms with Gasteiger partial charge < -0.3 is 10.2 Å². The minimum atomic E-state index is -2.24. The maximum absolute atomic E-state index is 13.9. The monoisotopic (exact) mass is 273 g/mol. The fraction of sp³-hybridized carbons (Fsp3) is 0.538. The van der Waals surface area contributed by atoms with E-state index in [2.05, 4.69) is 0 Å². The molecular weight excluding hydrogens is 252 g/mol. The Morgan fingerprint density at radius 3 is 2.17 bits per heavy atom. The van der Waals surface area contributed by atoms with Gasteiger partial charge in [0.2, 0.25) is 0 Å². The number of rotatable bonds is 2. The van der Waals surface area contributed by atoms with Crippen LogP contribution >= 0.6 is 0 Å². The number of hydrogen-bond donors (Lipinski definition) is 1. The molecule has 2 N–H and O–H groups in total. The molecule has 0 amide bonds. The van der Waals surface area contributed by atoms with Gasteiger partial charge in [-0.15, -0.1) is 0 Å². The highest BCUT2D eigenvalue weighted by atomic mass is 28.4. The first-order valence-electron chi connectivity index (χ1n) is 5.90. The molecule has 2 nitrogen and oxygen atoms in total. The predicted molar refractivity (Wildman–Crippen MR) is 73.3 cm³/mol. The highest BCUT2D eigenvalue weighted by molar-refractivity contribution is 6.74. The predicted octanol–water partition coefficient (Wildman–Crippen LogP) is 4.24. The van der Waals surface area contributed by atoms with Crippen molar-refractivity contribution in [1.29, 1.82) is 0 Å². The van der Waals surface area contributed by atoms with Gasteiger partial charge in [-0.3, -0.25) is 0 Å². The van der Waals surface area contributed by atoms with E-state index < -0.39 is 20.0 Å². The summed E-state index contributed by atoms with van der Waals surface area (Å²) in [5, 5.41) is -0.104. The van der Waals surface area contributed by atoms with Crippen LogP contribution in [0, 0.1) is 18.6 Å². The Morgan fingerprint density at radius 2 is 1.72 bits per heavy atom. The van der Waals surface area contributed by atoms with Gasteiger partial charge in [0.15, 0.2) is 17.4 Å². The van der Waals surface area contributed by atoms with Gasteiger partial charge >= 0.3 is 0 Å². The summed E-state index contributed by atoms with van der Waals surface area (Å²) in [6, 6.07) is 1.12. The highest BCUT2D eigenvalue weighted by Gasteiger charge is 2.40. The quantitative estimate of drug-likeness (QED) is 0.646. The summed E-state index contributed by atoms with van der Waals surface area (Å²) in [5.41, 5.74) is 5.57. The first-order valence-corrected chi connectivity index (χ1v) is 8.81. The van der Waals surface area contributed by atoms with Crippen LogP contribution in [0.5, 0.6) is 5.75 Å². The molecule has 0 heterocycles. The number of nitrogen functional groups attached to an aromatic ring is 1. The van der Waals surface area contributed by atoms with Crippen molar-refractivity contribution in [2.24, 2.45) is 0 Å². The van der Waals surface area contributed by atoms with Crippen LogP contribution in [0.4, 0.5) is 14.5 Å². The molecule has 0 aliphatic rings. The second kappa shape index (κ2) is 4.53. The zero-order valence-electron chi connectivity index (χ0n) is 11.8. The second-order valence-electron chi connectivity index (χ2n) is 6.09. The first kappa shape index (κ1) is 15.0. The summed E-state index contributed by atoms with van der Waals surface area (Å²) in [4.78, 5) is 0. The minimum absolute atomic E-state index is 0.104. The molecule has 0 saturated carbocycles. The Morgan fingerprint density at radius 1 is 1.22 bits per heavy atom. The van der Waals surface area contributed by atoms with Gasteiger partial charge in [0.25, 0.3) is 8.32 Å². The molecule has 0 spiro atoms. The Labute approximate surface area is 108 Å². The van der Waals surface area contributed by atoms with E-state index in [9.17, 15) is 8.78 Å². The van der Waals surface area contributed by atoms with Gasteiger partial charge in [0, 0.05) is 0 Å². The molecule has 0 aliphatic carbocycles. The SMILES string of the molecule is Cc1cc(F)c(O[Si](C)(C)C(C)(C)C)c(N)c1F. The highest BCUT2D eigenvalue weighted by Crippen LogP contribution is 2.40. The van der Waals surface area contributed by atoms with Crippen molar-refractivity contribution in [2.75, 3.05) is 5.73 Å². The van der Waals surface area contributed by atoms with E-state index >= 15 is 0 Å². The Hall–Kier alpha value is -1.10. The second-order valence-corrected chi connectivity index (χ2v) is 10.8. The summed E-state index contributed by atoms with van der Waals surface area (Å²) < 4.78 is 33.3. The molecule has 0 aromatic heterocycles. The Balaban J connectivity index is 3.25. The average Bonchev–Trinajstić information content (AvgIpc) is 2.20. The van der Waals surface area contributed by atoms with Gasteiger partial charge in [0.1, 0.15) is 5.69 Å². The Bertz CT molecular complexity index is 467. The molecule has 5 heteroatoms. The van der Waals surface area contributed by atoms with Crippen molar-refractivity contribution in [1.82, 2.24) is 0 Å². The molecule has 1 aromatic rings. The normalized spacial score (nSPS) is 12.7. The van der Waals surface area contributed by atoms with E-state index in [-0.39, 0.29) is 22.0 Å². The summed E-state index contributed by atoms with van der Waals surface area (Å²) in [6.07, 6.45) is 0. The zero-order chi connectivity index (χ0) is 14.3. The molecule has 0 aliphatic heterocycles. The number of hydrogen-bond acceptors (Lipinski definition) is 2. The lowest BCUT2D eigenvalue weighted by atomic mass is 10.2. The van der Waals surface area contributed by atoms with E-state index in [1.54, 1.807) is 0 Å². The van der Waals surface area contributed by atoms with Crippen molar-refractivity contribution < 1.29 is 13.2 Å². The summed E-state index contributed by atoms with van der Waals surface area (Å²) in [7, 11) is -2.24. The van der Waals surface area contributed by atoms with Gasteiger partial charge in [-0.05, 0) is 36.7 Å². The van der Waals surface area contributed by atoms with Gasteiger partial charge in [-0.25, -0.2) is 8.78 Å². The van der Waals surface area contributed by atoms with Crippen LogP contribution in [0.2, 0.25) is 18.1 Å². The van der Waals surface area contributed by atoms with E-state index in [1.165, 1.54) is 6.92 Å². The van der Waals surface area contributed by atoms with E-state index in [0.29, 0.717) is 0 Å². The number of benzene rings is 1. The molecule has 0 fully saturated rings. The number of halogens is 2. The minimum Gasteiger partial charge on any atom is -0.540 e. The zero-order valence-corrected chi connectivity index (χ0v) is 12.8. The number of aryl methyl sites for hydroxylation is 1. The van der Waals surface area contributed by atoms with Crippen molar-refractivity contribution in [3.8, 4) is 5.75 Å². The van der Waals surface area contributed by atoms with Crippen molar-refractivity contribution in [3.05, 3.63) is 23.3 Å². The summed E-state index contributed by atoms with van der Waals surface area (Å²) in [5.74, 6) is -1.36. The lowest BCUT2D eigenvalue weighted by molar-refractivity contribution is 0.453.